The molecule has 0 aliphatic rings. The molecule has 86 valence electrons. The largest absolute Gasteiger partial charge is 0.480 e. The maximum absolute atomic E-state index is 10.8. The van der Waals surface area contributed by atoms with Crippen molar-refractivity contribution < 1.29 is 14.7 Å². The van der Waals surface area contributed by atoms with Gasteiger partial charge in [-0.2, -0.15) is 0 Å². The summed E-state index contributed by atoms with van der Waals surface area (Å²) in [6.45, 7) is 3.16. The Hall–Kier alpha value is -1.88. The SMILES string of the molecule is CC(=O)Nc1ccc([C@H](N)C(=O)O)c(C)c1. The Balaban J connectivity index is 3.00. The molecule has 0 saturated heterocycles. The van der Waals surface area contributed by atoms with E-state index in [0.717, 1.165) is 5.56 Å². The molecule has 1 aromatic rings. The Morgan fingerprint density at radius 2 is 2.06 bits per heavy atom. The zero-order valence-electron chi connectivity index (χ0n) is 9.15. The van der Waals surface area contributed by atoms with Gasteiger partial charge in [-0.3, -0.25) is 9.59 Å². The van der Waals surface area contributed by atoms with Crippen LogP contribution in [-0.2, 0) is 9.59 Å². The van der Waals surface area contributed by atoms with Gasteiger partial charge in [0, 0.05) is 12.6 Å². The third-order valence-electron chi connectivity index (χ3n) is 2.19. The van der Waals surface area contributed by atoms with Gasteiger partial charge in [0.2, 0.25) is 5.91 Å². The third-order valence-corrected chi connectivity index (χ3v) is 2.19. The molecule has 5 nitrogen and oxygen atoms in total. The number of amides is 1. The van der Waals surface area contributed by atoms with E-state index in [9.17, 15) is 9.59 Å². The number of carbonyl (C=O) groups excluding carboxylic acids is 1. The molecular weight excluding hydrogens is 208 g/mol. The van der Waals surface area contributed by atoms with Gasteiger partial charge in [-0.15, -0.1) is 0 Å². The molecule has 0 radical (unpaired) electrons. The molecule has 1 rings (SSSR count). The molecule has 0 unspecified atom stereocenters. The topological polar surface area (TPSA) is 92.4 Å². The van der Waals surface area contributed by atoms with E-state index >= 15 is 0 Å². The molecule has 0 spiro atoms. The normalized spacial score (nSPS) is 11.9. The van der Waals surface area contributed by atoms with Crippen molar-refractivity contribution in [2.45, 2.75) is 19.9 Å². The second-order valence-corrected chi connectivity index (χ2v) is 3.57. The minimum atomic E-state index is -1.07. The zero-order valence-corrected chi connectivity index (χ0v) is 9.15. The Kier molecular flexibility index (Phi) is 3.63. The Morgan fingerprint density at radius 3 is 2.50 bits per heavy atom. The van der Waals surface area contributed by atoms with Crippen LogP contribution in [0.1, 0.15) is 24.1 Å². The van der Waals surface area contributed by atoms with Crippen molar-refractivity contribution in [2.75, 3.05) is 5.32 Å². The van der Waals surface area contributed by atoms with Crippen molar-refractivity contribution >= 4 is 17.6 Å². The molecule has 16 heavy (non-hydrogen) atoms. The fourth-order valence-electron chi connectivity index (χ4n) is 1.44. The number of hydrogen-bond donors (Lipinski definition) is 3. The molecule has 0 aliphatic carbocycles. The number of aliphatic carboxylic acids is 1. The van der Waals surface area contributed by atoms with Crippen LogP contribution in [0.25, 0.3) is 0 Å². The molecule has 0 aliphatic heterocycles. The van der Waals surface area contributed by atoms with E-state index in [1.165, 1.54) is 6.92 Å². The molecule has 1 atom stereocenters. The summed E-state index contributed by atoms with van der Waals surface area (Å²) < 4.78 is 0. The highest BCUT2D eigenvalue weighted by Crippen LogP contribution is 2.20. The fourth-order valence-corrected chi connectivity index (χ4v) is 1.44. The van der Waals surface area contributed by atoms with Crippen molar-refractivity contribution in [3.05, 3.63) is 29.3 Å². The van der Waals surface area contributed by atoms with E-state index in [-0.39, 0.29) is 5.91 Å². The van der Waals surface area contributed by atoms with Crippen LogP contribution in [0.15, 0.2) is 18.2 Å². The zero-order chi connectivity index (χ0) is 12.3. The van der Waals surface area contributed by atoms with Crippen LogP contribution >= 0.6 is 0 Å². The fraction of sp³-hybridized carbons (Fsp3) is 0.273. The number of carbonyl (C=O) groups is 2. The van der Waals surface area contributed by atoms with E-state index in [1.54, 1.807) is 25.1 Å². The van der Waals surface area contributed by atoms with Crippen LogP contribution in [0.3, 0.4) is 0 Å². The predicted octanol–water partition coefficient (Wildman–Crippen LogP) is 1.04. The second kappa shape index (κ2) is 4.76. The summed E-state index contributed by atoms with van der Waals surface area (Å²) in [4.78, 5) is 21.5. The lowest BCUT2D eigenvalue weighted by Gasteiger charge is -2.12. The molecular formula is C11H14N2O3. The molecule has 0 bridgehead atoms. The Morgan fingerprint density at radius 1 is 1.44 bits per heavy atom. The maximum Gasteiger partial charge on any atom is 0.325 e. The van der Waals surface area contributed by atoms with Crippen LogP contribution in [0.4, 0.5) is 5.69 Å². The highest BCUT2D eigenvalue weighted by molar-refractivity contribution is 5.89. The number of nitrogens with two attached hydrogens (primary N) is 1. The molecule has 0 aromatic heterocycles. The lowest BCUT2D eigenvalue weighted by molar-refractivity contribution is -0.138. The summed E-state index contributed by atoms with van der Waals surface area (Å²) in [5, 5.41) is 11.4. The van der Waals surface area contributed by atoms with Gasteiger partial charge < -0.3 is 16.2 Å². The van der Waals surface area contributed by atoms with E-state index < -0.39 is 12.0 Å². The number of benzene rings is 1. The standard InChI is InChI=1S/C11H14N2O3/c1-6-5-8(13-7(2)14)3-4-9(6)10(12)11(15)16/h3-5,10H,12H2,1-2H3,(H,13,14)(H,15,16)/t10-/m0/s1. The third kappa shape index (κ3) is 2.80. The van der Waals surface area contributed by atoms with Gasteiger partial charge in [-0.1, -0.05) is 6.07 Å². The molecule has 5 heteroatoms. The number of carboxylic acids is 1. The van der Waals surface area contributed by atoms with Gasteiger partial charge in [0.05, 0.1) is 0 Å². The molecule has 1 amide bonds. The van der Waals surface area contributed by atoms with Gasteiger partial charge in [0.25, 0.3) is 0 Å². The number of carboxylic acid groups (broad SMARTS) is 1. The van der Waals surface area contributed by atoms with Crippen molar-refractivity contribution in [2.24, 2.45) is 5.73 Å². The van der Waals surface area contributed by atoms with Crippen LogP contribution < -0.4 is 11.1 Å². The average molecular weight is 222 g/mol. The summed E-state index contributed by atoms with van der Waals surface area (Å²) >= 11 is 0. The second-order valence-electron chi connectivity index (χ2n) is 3.57. The summed E-state index contributed by atoms with van der Waals surface area (Å²) in [7, 11) is 0. The van der Waals surface area contributed by atoms with E-state index in [0.29, 0.717) is 11.3 Å². The molecule has 0 saturated carbocycles. The predicted molar refractivity (Wildman–Crippen MR) is 60.0 cm³/mol. The number of hydrogen-bond acceptors (Lipinski definition) is 3. The summed E-state index contributed by atoms with van der Waals surface area (Å²) in [6.07, 6.45) is 0. The average Bonchev–Trinajstić information content (AvgIpc) is 2.15. The maximum atomic E-state index is 10.8. The van der Waals surface area contributed by atoms with Crippen LogP contribution in [0.5, 0.6) is 0 Å². The van der Waals surface area contributed by atoms with Crippen molar-refractivity contribution in [3.8, 4) is 0 Å². The molecule has 0 heterocycles. The first-order chi connectivity index (χ1) is 7.41. The van der Waals surface area contributed by atoms with Gasteiger partial charge >= 0.3 is 5.97 Å². The summed E-state index contributed by atoms with van der Waals surface area (Å²) in [5.41, 5.74) is 7.41. The summed E-state index contributed by atoms with van der Waals surface area (Å²) in [5.74, 6) is -1.25. The Bertz CT molecular complexity index is 429. The van der Waals surface area contributed by atoms with E-state index in [2.05, 4.69) is 5.32 Å². The van der Waals surface area contributed by atoms with E-state index in [4.69, 9.17) is 10.8 Å². The Labute approximate surface area is 93.3 Å². The van der Waals surface area contributed by atoms with Gasteiger partial charge in [-0.05, 0) is 30.2 Å². The number of nitrogens with one attached hydrogen (secondary N) is 1. The van der Waals surface area contributed by atoms with Crippen molar-refractivity contribution in [1.29, 1.82) is 0 Å². The smallest absolute Gasteiger partial charge is 0.325 e. The summed E-state index contributed by atoms with van der Waals surface area (Å²) in [6, 6.07) is 3.90. The minimum absolute atomic E-state index is 0.172. The first-order valence-corrected chi connectivity index (χ1v) is 4.78. The number of aryl methyl sites for hydroxylation is 1. The highest BCUT2D eigenvalue weighted by Gasteiger charge is 2.16. The van der Waals surface area contributed by atoms with Crippen LogP contribution in [-0.4, -0.2) is 17.0 Å². The monoisotopic (exact) mass is 222 g/mol. The minimum Gasteiger partial charge on any atom is -0.480 e. The highest BCUT2D eigenvalue weighted by atomic mass is 16.4. The molecule has 1 aromatic carbocycles. The van der Waals surface area contributed by atoms with Gasteiger partial charge in [-0.25, -0.2) is 0 Å². The first-order valence-electron chi connectivity index (χ1n) is 4.78. The van der Waals surface area contributed by atoms with Gasteiger partial charge in [0.15, 0.2) is 0 Å². The first kappa shape index (κ1) is 12.2. The number of anilines is 1. The van der Waals surface area contributed by atoms with Crippen LogP contribution in [0, 0.1) is 6.92 Å². The lowest BCUT2D eigenvalue weighted by Crippen LogP contribution is -2.21. The van der Waals surface area contributed by atoms with Gasteiger partial charge in [0.1, 0.15) is 6.04 Å². The quantitative estimate of drug-likeness (QED) is 0.712. The van der Waals surface area contributed by atoms with E-state index in [1.807, 2.05) is 0 Å². The van der Waals surface area contributed by atoms with Crippen LogP contribution in [0.2, 0.25) is 0 Å². The van der Waals surface area contributed by atoms with Crippen molar-refractivity contribution in [3.63, 3.8) is 0 Å². The molecule has 4 N–H and O–H groups in total. The lowest BCUT2D eigenvalue weighted by atomic mass is 10.0. The van der Waals surface area contributed by atoms with Crippen molar-refractivity contribution in [1.82, 2.24) is 0 Å². The number of rotatable bonds is 3. The molecule has 0 fully saturated rings.